The number of nitrogen functional groups attached to an aromatic ring is 1. The van der Waals surface area contributed by atoms with Crippen LogP contribution in [0.5, 0.6) is 0 Å². The molecule has 0 spiro atoms. The third kappa shape index (κ3) is 2.14. The van der Waals surface area contributed by atoms with Crippen LogP contribution in [0.1, 0.15) is 18.5 Å². The van der Waals surface area contributed by atoms with E-state index in [1.165, 1.54) is 11.3 Å². The molecule has 1 aliphatic carbocycles. The molecule has 1 aliphatic rings. The molecule has 0 unspecified atom stereocenters. The summed E-state index contributed by atoms with van der Waals surface area (Å²) < 4.78 is 43.0. The molecule has 1 saturated carbocycles. The van der Waals surface area contributed by atoms with E-state index in [9.17, 15) is 13.2 Å². The third-order valence-electron chi connectivity index (χ3n) is 3.20. The maximum Gasteiger partial charge on any atom is 0.411 e. The van der Waals surface area contributed by atoms with Crippen molar-refractivity contribution in [3.05, 3.63) is 11.1 Å². The van der Waals surface area contributed by atoms with Crippen LogP contribution in [0.15, 0.2) is 5.38 Å². The summed E-state index contributed by atoms with van der Waals surface area (Å²) in [6.07, 6.45) is -4.13. The van der Waals surface area contributed by atoms with Crippen LogP contribution in [-0.4, -0.2) is 21.1 Å². The highest BCUT2D eigenvalue weighted by atomic mass is 32.1. The van der Waals surface area contributed by atoms with E-state index in [1.807, 2.05) is 12.3 Å². The summed E-state index contributed by atoms with van der Waals surface area (Å²) in [7, 11) is 0. The van der Waals surface area contributed by atoms with Gasteiger partial charge in [0.05, 0.1) is 5.56 Å². The highest BCUT2D eigenvalue weighted by Crippen LogP contribution is 2.53. The summed E-state index contributed by atoms with van der Waals surface area (Å²) in [5, 5.41) is 5.34. The zero-order valence-electron chi connectivity index (χ0n) is 10.4. The number of hydrogen-bond acceptors (Lipinski definition) is 6. The molecule has 3 N–H and O–H groups in total. The Balaban J connectivity index is 1.96. The molecular weight excluding hydrogens is 309 g/mol. The van der Waals surface area contributed by atoms with E-state index < -0.39 is 11.7 Å². The Morgan fingerprint density at radius 1 is 1.40 bits per heavy atom. The maximum atomic E-state index is 13.0. The van der Waals surface area contributed by atoms with E-state index in [0.29, 0.717) is 15.6 Å². The minimum absolute atomic E-state index is 0.0740. The Labute approximate surface area is 121 Å². The second-order valence-corrected chi connectivity index (χ2v) is 6.40. The molecule has 108 valence electrons. The normalized spacial score (nSPS) is 17.2. The monoisotopic (exact) mass is 320 g/mol. The molecule has 3 rings (SSSR count). The lowest BCUT2D eigenvalue weighted by atomic mass is 10.2. The number of nitrogens with zero attached hydrogens (tertiary/aromatic N) is 2. The molecular formula is C11H11F3N4S2. The average Bonchev–Trinajstić information content (AvgIpc) is 2.89. The number of nitrogens with one attached hydrogen (secondary N) is 1. The minimum Gasteiger partial charge on any atom is -0.382 e. The highest BCUT2D eigenvalue weighted by Gasteiger charge is 2.64. The van der Waals surface area contributed by atoms with Crippen LogP contribution in [0.3, 0.4) is 0 Å². The number of nitrogens with two attached hydrogens (primary N) is 1. The number of rotatable bonds is 3. The fourth-order valence-corrected chi connectivity index (χ4v) is 3.62. The van der Waals surface area contributed by atoms with Crippen molar-refractivity contribution in [2.24, 2.45) is 0 Å². The van der Waals surface area contributed by atoms with Crippen LogP contribution in [0.4, 0.5) is 24.0 Å². The SMILES string of the molecule is Cc1csc(-c2c(N)nsc2NC2(C(F)(F)F)CC2)n1. The van der Waals surface area contributed by atoms with Crippen molar-refractivity contribution in [3.63, 3.8) is 0 Å². The molecule has 0 aliphatic heterocycles. The summed E-state index contributed by atoms with van der Waals surface area (Å²) in [6, 6.07) is 0. The fraction of sp³-hybridized carbons (Fsp3) is 0.455. The molecule has 0 bridgehead atoms. The Bertz CT molecular complexity index is 642. The van der Waals surface area contributed by atoms with Gasteiger partial charge in [0, 0.05) is 11.1 Å². The number of thiazole rings is 1. The Hall–Kier alpha value is -1.35. The van der Waals surface area contributed by atoms with Gasteiger partial charge in [0.15, 0.2) is 0 Å². The summed E-state index contributed by atoms with van der Waals surface area (Å²) in [6.45, 7) is 1.82. The van der Waals surface area contributed by atoms with E-state index in [0.717, 1.165) is 17.2 Å². The lowest BCUT2D eigenvalue weighted by Crippen LogP contribution is -2.38. The molecule has 0 atom stereocenters. The lowest BCUT2D eigenvalue weighted by Gasteiger charge is -2.21. The topological polar surface area (TPSA) is 63.8 Å². The van der Waals surface area contributed by atoms with Crippen LogP contribution < -0.4 is 11.1 Å². The molecule has 4 nitrogen and oxygen atoms in total. The third-order valence-corrected chi connectivity index (χ3v) is 4.95. The van der Waals surface area contributed by atoms with E-state index in [-0.39, 0.29) is 18.7 Å². The van der Waals surface area contributed by atoms with Crippen molar-refractivity contribution in [2.75, 3.05) is 11.1 Å². The van der Waals surface area contributed by atoms with Gasteiger partial charge in [-0.05, 0) is 31.3 Å². The Morgan fingerprint density at radius 3 is 2.60 bits per heavy atom. The van der Waals surface area contributed by atoms with Crippen LogP contribution >= 0.6 is 22.9 Å². The zero-order valence-corrected chi connectivity index (χ0v) is 12.0. The van der Waals surface area contributed by atoms with Gasteiger partial charge in [0.1, 0.15) is 21.4 Å². The van der Waals surface area contributed by atoms with Gasteiger partial charge < -0.3 is 11.1 Å². The smallest absolute Gasteiger partial charge is 0.382 e. The second kappa shape index (κ2) is 4.32. The quantitative estimate of drug-likeness (QED) is 0.906. The van der Waals surface area contributed by atoms with Crippen LogP contribution in [0, 0.1) is 6.92 Å². The number of alkyl halides is 3. The fourth-order valence-electron chi connectivity index (χ4n) is 1.88. The van der Waals surface area contributed by atoms with Gasteiger partial charge in [-0.25, -0.2) is 4.98 Å². The minimum atomic E-state index is -4.28. The Kier molecular flexibility index (Phi) is 2.94. The molecule has 0 radical (unpaired) electrons. The van der Waals surface area contributed by atoms with Crippen molar-refractivity contribution >= 4 is 33.7 Å². The molecule has 0 aromatic carbocycles. The van der Waals surface area contributed by atoms with Gasteiger partial charge in [-0.15, -0.1) is 11.3 Å². The van der Waals surface area contributed by atoms with Crippen molar-refractivity contribution in [1.82, 2.24) is 9.36 Å². The van der Waals surface area contributed by atoms with E-state index in [4.69, 9.17) is 5.73 Å². The van der Waals surface area contributed by atoms with Gasteiger partial charge in [-0.2, -0.15) is 17.5 Å². The van der Waals surface area contributed by atoms with Crippen molar-refractivity contribution in [2.45, 2.75) is 31.5 Å². The first kappa shape index (κ1) is 13.6. The first-order valence-electron chi connectivity index (χ1n) is 5.85. The van der Waals surface area contributed by atoms with Crippen LogP contribution in [0.25, 0.3) is 10.6 Å². The highest BCUT2D eigenvalue weighted by molar-refractivity contribution is 7.15. The number of hydrogen-bond donors (Lipinski definition) is 2. The summed E-state index contributed by atoms with van der Waals surface area (Å²) in [5.74, 6) is 0.213. The van der Waals surface area contributed by atoms with Gasteiger partial charge >= 0.3 is 6.18 Å². The first-order valence-corrected chi connectivity index (χ1v) is 7.50. The van der Waals surface area contributed by atoms with Gasteiger partial charge in [0.2, 0.25) is 0 Å². The number of anilines is 2. The average molecular weight is 320 g/mol. The Morgan fingerprint density at radius 2 is 2.10 bits per heavy atom. The lowest BCUT2D eigenvalue weighted by molar-refractivity contribution is -0.150. The molecule has 2 aromatic rings. The largest absolute Gasteiger partial charge is 0.411 e. The molecule has 0 saturated heterocycles. The van der Waals surface area contributed by atoms with Gasteiger partial charge in [0.25, 0.3) is 0 Å². The molecule has 2 heterocycles. The zero-order chi connectivity index (χ0) is 14.5. The molecule has 9 heteroatoms. The van der Waals surface area contributed by atoms with Gasteiger partial charge in [-0.3, -0.25) is 0 Å². The number of aromatic nitrogens is 2. The van der Waals surface area contributed by atoms with Crippen molar-refractivity contribution in [3.8, 4) is 10.6 Å². The number of aryl methyl sites for hydroxylation is 1. The van der Waals surface area contributed by atoms with Crippen LogP contribution in [0.2, 0.25) is 0 Å². The maximum absolute atomic E-state index is 13.0. The van der Waals surface area contributed by atoms with Crippen molar-refractivity contribution in [1.29, 1.82) is 0 Å². The molecule has 2 aromatic heterocycles. The molecule has 0 amide bonds. The predicted molar refractivity (Wildman–Crippen MR) is 74.0 cm³/mol. The second-order valence-electron chi connectivity index (χ2n) is 4.77. The predicted octanol–water partition coefficient (Wildman–Crippen LogP) is 3.66. The van der Waals surface area contributed by atoms with Gasteiger partial charge in [-0.1, -0.05) is 0 Å². The van der Waals surface area contributed by atoms with E-state index in [2.05, 4.69) is 14.7 Å². The first-order chi connectivity index (χ1) is 9.32. The molecule has 1 fully saturated rings. The summed E-state index contributed by atoms with van der Waals surface area (Å²) in [5.41, 5.74) is 5.23. The van der Waals surface area contributed by atoms with Crippen molar-refractivity contribution < 1.29 is 13.2 Å². The van der Waals surface area contributed by atoms with E-state index in [1.54, 1.807) is 0 Å². The van der Waals surface area contributed by atoms with E-state index >= 15 is 0 Å². The molecule has 20 heavy (non-hydrogen) atoms. The standard InChI is InChI=1S/C11H11F3N4S2/c1-5-4-19-8(16-5)6-7(15)18-20-9(6)17-10(2-3-10)11(12,13)14/h4,17H,2-3H2,1H3,(H2,15,18). The summed E-state index contributed by atoms with van der Waals surface area (Å²) in [4.78, 5) is 4.27. The number of halogens is 3. The summed E-state index contributed by atoms with van der Waals surface area (Å²) >= 11 is 2.29. The van der Waals surface area contributed by atoms with Crippen LogP contribution in [-0.2, 0) is 0 Å².